The number of nitrogens with one attached hydrogen (secondary N) is 2. The van der Waals surface area contributed by atoms with Gasteiger partial charge in [-0.15, -0.1) is 0 Å². The molecule has 0 spiro atoms. The van der Waals surface area contributed by atoms with Gasteiger partial charge in [-0.2, -0.15) is 0 Å². The molecule has 0 bridgehead atoms. The van der Waals surface area contributed by atoms with Gasteiger partial charge in [-0.05, 0) is 30.3 Å². The lowest BCUT2D eigenvalue weighted by Crippen LogP contribution is -2.12. The van der Waals surface area contributed by atoms with E-state index in [4.69, 9.17) is 16.3 Å². The minimum atomic E-state index is -0.586. The maximum absolute atomic E-state index is 13.9. The maximum atomic E-state index is 13.9. The Morgan fingerprint density at radius 2 is 2.04 bits per heavy atom. The molecule has 0 radical (unpaired) electrons. The fourth-order valence-corrected chi connectivity index (χ4v) is 2.46. The zero-order valence-corrected chi connectivity index (χ0v) is 13.2. The van der Waals surface area contributed by atoms with Crippen molar-refractivity contribution in [3.63, 3.8) is 0 Å². The Bertz CT molecular complexity index is 927. The zero-order chi connectivity index (χ0) is 17.3. The van der Waals surface area contributed by atoms with E-state index >= 15 is 0 Å². The first-order valence-electron chi connectivity index (χ1n) is 6.92. The first-order chi connectivity index (χ1) is 11.5. The van der Waals surface area contributed by atoms with Gasteiger partial charge in [0.1, 0.15) is 23.8 Å². The molecule has 1 aromatic heterocycles. The summed E-state index contributed by atoms with van der Waals surface area (Å²) in [4.78, 5) is 19.4. The number of aromatic nitrogens is 2. The van der Waals surface area contributed by atoms with Crippen molar-refractivity contribution in [1.82, 2.24) is 9.97 Å². The number of rotatable bonds is 4. The van der Waals surface area contributed by atoms with Crippen molar-refractivity contribution < 1.29 is 18.3 Å². The number of imidazole rings is 1. The summed E-state index contributed by atoms with van der Waals surface area (Å²) in [5.41, 5.74) is 0.821. The number of nitrogens with zero attached hydrogens (tertiary/aromatic N) is 1. The number of amides is 1. The number of carbonyl (C=O) groups excluding carboxylic acids is 1. The number of halogens is 3. The van der Waals surface area contributed by atoms with E-state index in [-0.39, 0.29) is 28.2 Å². The highest BCUT2D eigenvalue weighted by molar-refractivity contribution is 6.31. The van der Waals surface area contributed by atoms with E-state index in [0.717, 1.165) is 12.1 Å². The SMILES string of the molecule is COCc1nc2c(F)ccc(C(=O)Nc3ccc(F)c(Cl)c3)c2[nH]1. The summed E-state index contributed by atoms with van der Waals surface area (Å²) in [6.45, 7) is 0.156. The third-order valence-electron chi connectivity index (χ3n) is 3.35. The Balaban J connectivity index is 1.97. The molecule has 124 valence electrons. The number of aromatic amines is 1. The predicted molar refractivity (Wildman–Crippen MR) is 86.1 cm³/mol. The minimum Gasteiger partial charge on any atom is -0.377 e. The van der Waals surface area contributed by atoms with Crippen LogP contribution in [-0.4, -0.2) is 23.0 Å². The highest BCUT2D eigenvalue weighted by Crippen LogP contribution is 2.23. The van der Waals surface area contributed by atoms with Crippen molar-refractivity contribution in [3.8, 4) is 0 Å². The minimum absolute atomic E-state index is 0.0480. The summed E-state index contributed by atoms with van der Waals surface area (Å²) in [6.07, 6.45) is 0. The molecule has 0 aliphatic rings. The number of fused-ring (bicyclic) bond motifs is 1. The van der Waals surface area contributed by atoms with Gasteiger partial charge in [0.25, 0.3) is 5.91 Å². The topological polar surface area (TPSA) is 67.0 Å². The van der Waals surface area contributed by atoms with Crippen LogP contribution in [0.5, 0.6) is 0 Å². The third-order valence-corrected chi connectivity index (χ3v) is 3.64. The normalized spacial score (nSPS) is 11.0. The number of hydrogen-bond donors (Lipinski definition) is 2. The van der Waals surface area contributed by atoms with Gasteiger partial charge in [-0.3, -0.25) is 4.79 Å². The molecule has 3 aromatic rings. The van der Waals surface area contributed by atoms with Crippen LogP contribution in [-0.2, 0) is 11.3 Å². The summed E-state index contributed by atoms with van der Waals surface area (Å²) in [7, 11) is 1.48. The van der Waals surface area contributed by atoms with Crippen molar-refractivity contribution in [1.29, 1.82) is 0 Å². The van der Waals surface area contributed by atoms with Gasteiger partial charge in [0.05, 0.1) is 16.1 Å². The molecule has 24 heavy (non-hydrogen) atoms. The number of H-pyrrole nitrogens is 1. The molecule has 8 heteroatoms. The number of carbonyl (C=O) groups is 1. The molecular formula is C16H12ClF2N3O2. The van der Waals surface area contributed by atoms with Crippen molar-refractivity contribution in [2.75, 3.05) is 12.4 Å². The van der Waals surface area contributed by atoms with Crippen molar-refractivity contribution >= 4 is 34.2 Å². The molecule has 0 fully saturated rings. The molecule has 1 amide bonds. The molecule has 0 saturated carbocycles. The van der Waals surface area contributed by atoms with E-state index in [1.807, 2.05) is 0 Å². The van der Waals surface area contributed by atoms with Gasteiger partial charge in [-0.25, -0.2) is 13.8 Å². The van der Waals surface area contributed by atoms with Crippen LogP contribution in [0.2, 0.25) is 5.02 Å². The van der Waals surface area contributed by atoms with Gasteiger partial charge in [0.2, 0.25) is 0 Å². The molecule has 0 aliphatic carbocycles. The van der Waals surface area contributed by atoms with Gasteiger partial charge >= 0.3 is 0 Å². The molecule has 0 unspecified atom stereocenters. The van der Waals surface area contributed by atoms with E-state index in [1.54, 1.807) is 0 Å². The molecule has 3 rings (SSSR count). The summed E-state index contributed by atoms with van der Waals surface area (Å²) in [5, 5.41) is 2.48. The van der Waals surface area contributed by atoms with Crippen molar-refractivity contribution in [2.24, 2.45) is 0 Å². The maximum Gasteiger partial charge on any atom is 0.257 e. The predicted octanol–water partition coefficient (Wildman–Crippen LogP) is 3.89. The van der Waals surface area contributed by atoms with Crippen molar-refractivity contribution in [3.05, 3.63) is 58.4 Å². The molecule has 1 heterocycles. The molecule has 5 nitrogen and oxygen atoms in total. The van der Waals surface area contributed by atoms with Gasteiger partial charge in [-0.1, -0.05) is 11.6 Å². The lowest BCUT2D eigenvalue weighted by Gasteiger charge is -2.07. The number of benzene rings is 2. The molecule has 0 aliphatic heterocycles. The van der Waals surface area contributed by atoms with Crippen molar-refractivity contribution in [2.45, 2.75) is 6.61 Å². The number of ether oxygens (including phenoxy) is 1. The molecular weight excluding hydrogens is 340 g/mol. The van der Waals surface area contributed by atoms with E-state index in [0.29, 0.717) is 11.5 Å². The Labute approximate surface area is 140 Å². The number of methoxy groups -OCH3 is 1. The third kappa shape index (κ3) is 3.08. The first kappa shape index (κ1) is 16.4. The van der Waals surface area contributed by atoms with Crippen LogP contribution >= 0.6 is 11.6 Å². The van der Waals surface area contributed by atoms with Crippen LogP contribution in [0.25, 0.3) is 11.0 Å². The van der Waals surface area contributed by atoms with Gasteiger partial charge in [0.15, 0.2) is 5.82 Å². The van der Waals surface area contributed by atoms with Crippen LogP contribution in [0.15, 0.2) is 30.3 Å². The summed E-state index contributed by atoms with van der Waals surface area (Å²) >= 11 is 5.69. The van der Waals surface area contributed by atoms with Crippen LogP contribution in [0.3, 0.4) is 0 Å². The monoisotopic (exact) mass is 351 g/mol. The van der Waals surface area contributed by atoms with Crippen LogP contribution in [0.4, 0.5) is 14.5 Å². The molecule has 0 saturated heterocycles. The van der Waals surface area contributed by atoms with Crippen LogP contribution in [0.1, 0.15) is 16.2 Å². The fourth-order valence-electron chi connectivity index (χ4n) is 2.28. The lowest BCUT2D eigenvalue weighted by atomic mass is 10.1. The fraction of sp³-hybridized carbons (Fsp3) is 0.125. The summed E-state index contributed by atoms with van der Waals surface area (Å²) < 4.78 is 32.0. The summed E-state index contributed by atoms with van der Waals surface area (Å²) in [6, 6.07) is 6.31. The molecule has 2 aromatic carbocycles. The standard InChI is InChI=1S/C16H12ClF2N3O2/c1-24-7-13-21-14-9(3-5-12(19)15(14)22-13)16(23)20-8-2-4-11(18)10(17)6-8/h2-6H,7H2,1H3,(H,20,23)(H,21,22). The van der Waals surface area contributed by atoms with E-state index in [2.05, 4.69) is 15.3 Å². The molecule has 2 N–H and O–H groups in total. The Hall–Kier alpha value is -2.51. The first-order valence-corrected chi connectivity index (χ1v) is 7.30. The van der Waals surface area contributed by atoms with E-state index < -0.39 is 17.5 Å². The molecule has 0 atom stereocenters. The average molecular weight is 352 g/mol. The average Bonchev–Trinajstić information content (AvgIpc) is 2.96. The second-order valence-electron chi connectivity index (χ2n) is 5.02. The lowest BCUT2D eigenvalue weighted by molar-refractivity contribution is 0.102. The van der Waals surface area contributed by atoms with E-state index in [1.165, 1.54) is 25.3 Å². The Morgan fingerprint density at radius 3 is 2.75 bits per heavy atom. The smallest absolute Gasteiger partial charge is 0.257 e. The van der Waals surface area contributed by atoms with E-state index in [9.17, 15) is 13.6 Å². The van der Waals surface area contributed by atoms with Crippen LogP contribution < -0.4 is 5.32 Å². The second-order valence-corrected chi connectivity index (χ2v) is 5.43. The van der Waals surface area contributed by atoms with Crippen LogP contribution in [0, 0.1) is 11.6 Å². The second kappa shape index (κ2) is 6.54. The number of anilines is 1. The zero-order valence-electron chi connectivity index (χ0n) is 12.5. The largest absolute Gasteiger partial charge is 0.377 e. The Morgan fingerprint density at radius 1 is 1.29 bits per heavy atom. The van der Waals surface area contributed by atoms with Gasteiger partial charge < -0.3 is 15.0 Å². The van der Waals surface area contributed by atoms with Gasteiger partial charge in [0, 0.05) is 12.8 Å². The summed E-state index contributed by atoms with van der Waals surface area (Å²) in [5.74, 6) is -1.24. The Kier molecular flexibility index (Phi) is 4.46. The highest BCUT2D eigenvalue weighted by atomic mass is 35.5. The highest BCUT2D eigenvalue weighted by Gasteiger charge is 2.17. The number of hydrogen-bond acceptors (Lipinski definition) is 3. The quantitative estimate of drug-likeness (QED) is 0.749.